The highest BCUT2D eigenvalue weighted by Crippen LogP contribution is 2.23. The zero-order chi connectivity index (χ0) is 86.9. The van der Waals surface area contributed by atoms with E-state index in [0.717, 1.165) is 231 Å². The number of imidazole rings is 2. The van der Waals surface area contributed by atoms with Gasteiger partial charge in [0.15, 0.2) is 0 Å². The van der Waals surface area contributed by atoms with Gasteiger partial charge >= 0.3 is 0 Å². The van der Waals surface area contributed by atoms with Gasteiger partial charge in [-0.15, -0.1) is 0 Å². The van der Waals surface area contributed by atoms with Crippen LogP contribution in [0.15, 0.2) is 111 Å². The molecule has 0 bridgehead atoms. The SMILES string of the molecule is C[N+](C)(C)CCCOCCCc1ncc(N)cc1N.C[N+](C)(C)CCOCCCc1ncc(N)cc1N.C[N+]1(CCCOCCCc2ncc(N)cc2N)CCCC1.C[N+]1(CCCOCCCc2ncc(N)cc2N)CCCCC1.C[n+]1ccn(CCCCCCCc2ncc(N)cc2N)c1.C[n+]1ccn(CCCCc2ncc(N)cc2N)c1. The first-order valence-electron chi connectivity index (χ1n) is 43.3. The van der Waals surface area contributed by atoms with E-state index < -0.39 is 0 Å². The molecule has 0 spiro atoms. The van der Waals surface area contributed by atoms with E-state index in [0.29, 0.717) is 62.6 Å². The van der Waals surface area contributed by atoms with Crippen LogP contribution in [0.1, 0.15) is 156 Å². The lowest BCUT2D eigenvalue weighted by Gasteiger charge is -2.37. The average Bonchev–Trinajstić information content (AvgIpc) is 1.63. The summed E-state index contributed by atoms with van der Waals surface area (Å²) in [6.45, 7) is 18.5. The van der Waals surface area contributed by atoms with Gasteiger partial charge < -0.3 is 106 Å². The van der Waals surface area contributed by atoms with Crippen molar-refractivity contribution < 1.29 is 46.0 Å². The van der Waals surface area contributed by atoms with Crippen LogP contribution in [0.3, 0.4) is 0 Å². The Bertz CT molecular complexity index is 4070. The molecular formula is C89H158N26O4+6. The smallest absolute Gasteiger partial charge is 0.243 e. The summed E-state index contributed by atoms with van der Waals surface area (Å²) in [6, 6.07) is 10.6. The van der Waals surface area contributed by atoms with Crippen molar-refractivity contribution in [2.75, 3.05) is 230 Å². The molecule has 24 N–H and O–H groups in total. The van der Waals surface area contributed by atoms with Gasteiger partial charge in [0.2, 0.25) is 12.7 Å². The number of likely N-dealkylation sites (tertiary alicyclic amines) is 2. The second-order valence-electron chi connectivity index (χ2n) is 34.7. The number of pyridine rings is 6. The van der Waals surface area contributed by atoms with E-state index in [1.54, 1.807) is 73.6 Å². The van der Waals surface area contributed by atoms with Gasteiger partial charge in [0, 0.05) is 58.5 Å². The molecule has 0 aromatic carbocycles. The summed E-state index contributed by atoms with van der Waals surface area (Å²) >= 11 is 0. The lowest BCUT2D eigenvalue weighted by Crippen LogP contribution is -2.48. The molecular weight excluding hydrogens is 1500 g/mol. The van der Waals surface area contributed by atoms with Crippen LogP contribution in [0.5, 0.6) is 0 Å². The molecule has 0 atom stereocenters. The van der Waals surface area contributed by atoms with Crippen molar-refractivity contribution in [1.29, 1.82) is 0 Å². The Hall–Kier alpha value is -9.40. The molecule has 0 radical (unpaired) electrons. The van der Waals surface area contributed by atoms with Gasteiger partial charge in [0.25, 0.3) is 0 Å². The average molecular weight is 1660 g/mol. The maximum atomic E-state index is 5.90. The number of ether oxygens (including phenoxy) is 4. The predicted octanol–water partition coefficient (Wildman–Crippen LogP) is 9.19. The Labute approximate surface area is 713 Å². The number of aryl methyl sites for hydroxylation is 10. The van der Waals surface area contributed by atoms with Gasteiger partial charge in [-0.2, -0.15) is 0 Å². The van der Waals surface area contributed by atoms with Crippen molar-refractivity contribution in [3.05, 3.63) is 145 Å². The second-order valence-corrected chi connectivity index (χ2v) is 34.7. The minimum atomic E-state index is 0.607. The van der Waals surface area contributed by atoms with Crippen molar-refractivity contribution in [1.82, 2.24) is 39.0 Å². The zero-order valence-electron chi connectivity index (χ0n) is 74.6. The summed E-state index contributed by atoms with van der Waals surface area (Å²) in [5.74, 6) is 0. The molecule has 2 aliphatic heterocycles. The Kier molecular flexibility index (Phi) is 46.0. The maximum absolute atomic E-state index is 5.90. The molecule has 30 heteroatoms. The molecule has 8 aromatic heterocycles. The number of nitrogens with two attached hydrogens (primary N) is 12. The third-order valence-electron chi connectivity index (χ3n) is 21.1. The van der Waals surface area contributed by atoms with Gasteiger partial charge in [-0.1, -0.05) is 12.8 Å². The fraction of sp³-hybridized carbons (Fsp3) is 0.596. The molecule has 30 nitrogen and oxygen atoms in total. The standard InChI is InChI=1S/C17H31N4O.C16H26N5.C16H29N4O.C14H27N4O.C13H20N5.C13H25N4O/c1-21(8-3-2-4-9-21)10-6-12-22-11-5-7-17-16(19)13-15(18)14-20-17;1-20-9-10-21(13-20)8-6-4-2-3-5-7-16-15(18)11-14(17)12-19-16;1-20(7-2-3-8-20)9-5-11-21-10-4-6-16-15(18)12-14(17)13-19-16;1-18(2,3)7-5-9-19-8-4-6-14-13(16)10-12(15)11-17-14;1-17-6-7-18(10-17)5-3-2-4-13-12(15)8-11(14)9-16-13;1-17(2,3)6-8-18-7-4-5-13-12(15)9-11(14)10-16-13/h13-14H,2-12,18-19H2,1H3;9-13H,2-8,17-18H2,1H3;12-13H,2-11,17-18H2,1H3;10-11H,4-9,15-16H2,1-3H3;6-10H,2-5,14-15H2,1H3;9-10H,4-8,14-15H2,1-3H3/q6*+1. The van der Waals surface area contributed by atoms with Crippen LogP contribution in [0, 0.1) is 0 Å². The van der Waals surface area contributed by atoms with Crippen LogP contribution in [0.4, 0.5) is 68.2 Å². The summed E-state index contributed by atoms with van der Waals surface area (Å²) in [6.07, 6.45) is 50.1. The van der Waals surface area contributed by atoms with Gasteiger partial charge in [0.05, 0.1) is 295 Å². The van der Waals surface area contributed by atoms with E-state index in [-0.39, 0.29) is 0 Å². The molecule has 0 saturated carbocycles. The van der Waals surface area contributed by atoms with Crippen molar-refractivity contribution in [3.8, 4) is 0 Å². The molecule has 0 amide bonds. The van der Waals surface area contributed by atoms with Crippen LogP contribution < -0.4 is 77.9 Å². The number of hydrogen-bond acceptors (Lipinski definition) is 22. The summed E-state index contributed by atoms with van der Waals surface area (Å²) in [5.41, 5.74) is 82.3. The van der Waals surface area contributed by atoms with Crippen molar-refractivity contribution >= 4 is 68.2 Å². The molecule has 2 fully saturated rings. The fourth-order valence-electron chi connectivity index (χ4n) is 14.1. The molecule has 119 heavy (non-hydrogen) atoms. The summed E-state index contributed by atoms with van der Waals surface area (Å²) in [7, 11) is 21.9. The minimum absolute atomic E-state index is 0.607. The fourth-order valence-corrected chi connectivity index (χ4v) is 14.1. The highest BCUT2D eigenvalue weighted by Gasteiger charge is 2.26. The number of rotatable bonds is 44. The van der Waals surface area contributed by atoms with Crippen LogP contribution in [0.2, 0.25) is 0 Å². The quantitative estimate of drug-likeness (QED) is 0.00961. The number of quaternary nitrogens is 4. The van der Waals surface area contributed by atoms with Crippen LogP contribution in [-0.2, 0) is 84.7 Å². The van der Waals surface area contributed by atoms with E-state index in [9.17, 15) is 0 Å². The van der Waals surface area contributed by atoms with Gasteiger partial charge in [-0.3, -0.25) is 29.9 Å². The number of likely N-dealkylation sites (N-methyl/N-ethyl adjacent to an activating group) is 1. The van der Waals surface area contributed by atoms with Crippen LogP contribution in [0.25, 0.3) is 0 Å². The van der Waals surface area contributed by atoms with Gasteiger partial charge in [0.1, 0.15) is 31.3 Å². The summed E-state index contributed by atoms with van der Waals surface area (Å²) in [4.78, 5) is 25.6. The Morgan fingerprint density at radius 2 is 0.571 bits per heavy atom. The minimum Gasteiger partial charge on any atom is -0.397 e. The van der Waals surface area contributed by atoms with E-state index >= 15 is 0 Å². The summed E-state index contributed by atoms with van der Waals surface area (Å²) < 4.78 is 35.6. The number of unbranched alkanes of at least 4 members (excludes halogenated alkanes) is 5. The van der Waals surface area contributed by atoms with E-state index in [1.165, 1.54) is 106 Å². The molecule has 8 aromatic rings. The lowest BCUT2D eigenvalue weighted by atomic mass is 10.1. The number of nitrogen functional groups attached to an aromatic ring is 12. The number of aromatic nitrogens is 10. The number of piperidine rings is 1. The molecule has 0 unspecified atom stereocenters. The predicted molar refractivity (Wildman–Crippen MR) is 490 cm³/mol. The zero-order valence-corrected chi connectivity index (χ0v) is 74.6. The lowest BCUT2D eigenvalue weighted by molar-refractivity contribution is -0.914. The Morgan fingerprint density at radius 1 is 0.319 bits per heavy atom. The largest absolute Gasteiger partial charge is 0.397 e. The van der Waals surface area contributed by atoms with E-state index in [1.807, 2.05) is 24.9 Å². The normalized spacial score (nSPS) is 13.5. The first kappa shape index (κ1) is 100. The highest BCUT2D eigenvalue weighted by atomic mass is 16.5. The molecule has 662 valence electrons. The van der Waals surface area contributed by atoms with E-state index in [4.69, 9.17) is 87.8 Å². The van der Waals surface area contributed by atoms with E-state index in [2.05, 4.69) is 131 Å². The Balaban J connectivity index is 0.000000255. The maximum Gasteiger partial charge on any atom is 0.243 e. The Morgan fingerprint density at radius 3 is 0.866 bits per heavy atom. The van der Waals surface area contributed by atoms with Crippen LogP contribution >= 0.6 is 0 Å². The molecule has 2 saturated heterocycles. The second kappa shape index (κ2) is 54.7. The monoisotopic (exact) mass is 1660 g/mol. The van der Waals surface area contributed by atoms with Crippen molar-refractivity contribution in [2.45, 2.75) is 174 Å². The molecule has 10 rings (SSSR count). The van der Waals surface area contributed by atoms with Gasteiger partial charge in [-0.25, -0.2) is 18.3 Å². The first-order chi connectivity index (χ1) is 56.7. The van der Waals surface area contributed by atoms with Crippen molar-refractivity contribution in [2.24, 2.45) is 14.1 Å². The molecule has 2 aliphatic rings. The topological polar surface area (TPSA) is 444 Å². The first-order valence-corrected chi connectivity index (χ1v) is 43.3. The van der Waals surface area contributed by atoms with Crippen LogP contribution in [-0.4, -0.2) is 219 Å². The number of anilines is 12. The third kappa shape index (κ3) is 45.0. The van der Waals surface area contributed by atoms with Gasteiger partial charge in [-0.05, 0) is 152 Å². The highest BCUT2D eigenvalue weighted by molar-refractivity contribution is 5.56. The summed E-state index contributed by atoms with van der Waals surface area (Å²) in [5, 5.41) is 0. The third-order valence-corrected chi connectivity index (χ3v) is 21.1. The molecule has 10 heterocycles. The number of hydrogen-bond donors (Lipinski definition) is 12. The number of nitrogens with zero attached hydrogens (tertiary/aromatic N) is 14. The van der Waals surface area contributed by atoms with Crippen molar-refractivity contribution in [3.63, 3.8) is 0 Å². The molecule has 0 aliphatic carbocycles.